The van der Waals surface area contributed by atoms with E-state index in [2.05, 4.69) is 9.97 Å². The van der Waals surface area contributed by atoms with Gasteiger partial charge in [-0.1, -0.05) is 30.3 Å². The number of piperidine rings is 1. The summed E-state index contributed by atoms with van der Waals surface area (Å²) in [7, 11) is 0. The summed E-state index contributed by atoms with van der Waals surface area (Å²) in [6.45, 7) is -0.307. The number of rotatable bonds is 4. The number of carbonyl (C=O) groups excluding carboxylic acids is 1. The first-order valence-corrected chi connectivity index (χ1v) is 12.5. The second-order valence-corrected chi connectivity index (χ2v) is 9.56. The Morgan fingerprint density at radius 3 is 2.48 bits per heavy atom. The van der Waals surface area contributed by atoms with Crippen LogP contribution < -0.4 is 10.5 Å². The molecular formula is C26H21F5N4O4S. The van der Waals surface area contributed by atoms with Crippen LogP contribution in [0.5, 0.6) is 5.88 Å². The first-order chi connectivity index (χ1) is 18.8. The molecule has 210 valence electrons. The number of aliphatic carboxylic acids is 1. The summed E-state index contributed by atoms with van der Waals surface area (Å²) in [4.78, 5) is 32.0. The smallest absolute Gasteiger partial charge is 0.475 e. The van der Waals surface area contributed by atoms with Crippen molar-refractivity contribution in [2.45, 2.75) is 24.6 Å². The van der Waals surface area contributed by atoms with Crippen LogP contribution in [0.2, 0.25) is 0 Å². The maximum Gasteiger partial charge on any atom is 0.490 e. The minimum Gasteiger partial charge on any atom is -0.475 e. The largest absolute Gasteiger partial charge is 0.490 e. The zero-order chi connectivity index (χ0) is 29.1. The summed E-state index contributed by atoms with van der Waals surface area (Å²) in [5.74, 6) is -6.07. The number of fused-ring (bicyclic) bond motifs is 1. The molecular weight excluding hydrogens is 559 g/mol. The third kappa shape index (κ3) is 6.81. The average molecular weight is 581 g/mol. The summed E-state index contributed by atoms with van der Waals surface area (Å²) < 4.78 is 66.7. The van der Waals surface area contributed by atoms with Gasteiger partial charge in [0.25, 0.3) is 11.8 Å². The number of nitrogens with zero attached hydrogens (tertiary/aromatic N) is 3. The van der Waals surface area contributed by atoms with E-state index in [9.17, 15) is 26.7 Å². The quantitative estimate of drug-likeness (QED) is 0.306. The van der Waals surface area contributed by atoms with Crippen LogP contribution in [0.4, 0.5) is 27.1 Å². The van der Waals surface area contributed by atoms with Crippen LogP contribution in [0.25, 0.3) is 22.2 Å². The highest BCUT2D eigenvalue weighted by molar-refractivity contribution is 7.13. The average Bonchev–Trinajstić information content (AvgIpc) is 3.35. The second kappa shape index (κ2) is 11.4. The molecule has 2 aromatic carbocycles. The molecule has 1 atom stereocenters. The third-order valence-corrected chi connectivity index (χ3v) is 6.54. The first kappa shape index (κ1) is 28.7. The van der Waals surface area contributed by atoms with Gasteiger partial charge in [-0.05, 0) is 24.3 Å². The van der Waals surface area contributed by atoms with E-state index in [0.29, 0.717) is 21.9 Å². The number of hydrogen-bond donors (Lipinski definition) is 2. The van der Waals surface area contributed by atoms with E-state index in [-0.39, 0.29) is 24.9 Å². The number of alkyl halides is 5. The lowest BCUT2D eigenvalue weighted by atomic mass is 10.0. The monoisotopic (exact) mass is 580 g/mol. The number of aromatic nitrogens is 2. The number of nitrogens with two attached hydrogens (primary N) is 1. The molecule has 0 saturated carbocycles. The number of nitrogen functional groups attached to an aromatic ring is 1. The molecule has 0 radical (unpaired) electrons. The maximum atomic E-state index is 14.7. The molecule has 3 N–H and O–H groups in total. The van der Waals surface area contributed by atoms with Crippen molar-refractivity contribution in [3.05, 3.63) is 71.6 Å². The predicted octanol–water partition coefficient (Wildman–Crippen LogP) is 5.50. The van der Waals surface area contributed by atoms with E-state index in [1.165, 1.54) is 16.2 Å². The minimum atomic E-state index is -5.08. The van der Waals surface area contributed by atoms with Gasteiger partial charge in [0.05, 0.1) is 17.8 Å². The molecule has 0 bridgehead atoms. The molecule has 0 unspecified atom stereocenters. The van der Waals surface area contributed by atoms with Crippen molar-refractivity contribution >= 4 is 39.2 Å². The number of amides is 1. The number of thiazole rings is 1. The molecule has 1 aliphatic heterocycles. The number of para-hydroxylation sites is 1. The Labute approximate surface area is 227 Å². The van der Waals surface area contributed by atoms with Gasteiger partial charge in [0, 0.05) is 40.9 Å². The first-order valence-electron chi connectivity index (χ1n) is 11.6. The van der Waals surface area contributed by atoms with Crippen molar-refractivity contribution in [2.24, 2.45) is 0 Å². The number of anilines is 1. The summed E-state index contributed by atoms with van der Waals surface area (Å²) >= 11 is 1.31. The third-order valence-electron chi connectivity index (χ3n) is 5.87. The molecule has 5 rings (SSSR count). The Balaban J connectivity index is 0.000000470. The van der Waals surface area contributed by atoms with E-state index in [1.807, 2.05) is 24.3 Å². The van der Waals surface area contributed by atoms with Gasteiger partial charge in [0.15, 0.2) is 11.2 Å². The molecule has 3 heterocycles. The summed E-state index contributed by atoms with van der Waals surface area (Å²) in [6.07, 6.45) is -7.07. The van der Waals surface area contributed by atoms with Gasteiger partial charge in [-0.15, -0.1) is 11.3 Å². The zero-order valence-corrected chi connectivity index (χ0v) is 21.3. The van der Waals surface area contributed by atoms with Crippen LogP contribution in [0.3, 0.4) is 0 Å². The number of carbonyl (C=O) groups is 2. The number of hydrogen-bond acceptors (Lipinski definition) is 7. The Bertz CT molecular complexity index is 1530. The van der Waals surface area contributed by atoms with Crippen LogP contribution in [0.1, 0.15) is 16.8 Å². The number of benzene rings is 2. The maximum absolute atomic E-state index is 14.7. The lowest BCUT2D eigenvalue weighted by Crippen LogP contribution is -2.55. The topological polar surface area (TPSA) is 119 Å². The number of carboxylic acid groups (broad SMARTS) is 1. The van der Waals surface area contributed by atoms with Gasteiger partial charge in [-0.25, -0.2) is 23.5 Å². The molecule has 1 amide bonds. The van der Waals surface area contributed by atoms with Crippen LogP contribution in [-0.4, -0.2) is 63.1 Å². The molecule has 0 aliphatic carbocycles. The zero-order valence-electron chi connectivity index (χ0n) is 20.4. The highest BCUT2D eigenvalue weighted by Crippen LogP contribution is 2.33. The molecule has 4 aromatic rings. The lowest BCUT2D eigenvalue weighted by Gasteiger charge is -2.38. The lowest BCUT2D eigenvalue weighted by molar-refractivity contribution is -0.192. The second-order valence-electron chi connectivity index (χ2n) is 8.67. The highest BCUT2D eigenvalue weighted by Gasteiger charge is 2.47. The number of carboxylic acids is 1. The molecule has 1 aliphatic rings. The van der Waals surface area contributed by atoms with Gasteiger partial charge in [0.1, 0.15) is 0 Å². The number of likely N-dealkylation sites (tertiary alicyclic amines) is 1. The fraction of sp³-hybridized carbons (Fsp3) is 0.231. The normalized spacial score (nSPS) is 16.6. The summed E-state index contributed by atoms with van der Waals surface area (Å²) in [5.41, 5.74) is 8.16. The number of halogens is 5. The highest BCUT2D eigenvalue weighted by atomic mass is 32.1. The van der Waals surface area contributed by atoms with E-state index in [1.54, 1.807) is 41.8 Å². The van der Waals surface area contributed by atoms with Gasteiger partial charge in [0.2, 0.25) is 5.88 Å². The van der Waals surface area contributed by atoms with E-state index in [0.717, 1.165) is 10.9 Å². The SMILES string of the molecule is Nc1nc(-c2cccc(C(=O)N3CCC(F)(F)[C@@H](Oc4ccc5ccccc5n4)C3)c2)cs1.O=C(O)C(F)(F)F. The predicted molar refractivity (Wildman–Crippen MR) is 137 cm³/mol. The Morgan fingerprint density at radius 1 is 1.07 bits per heavy atom. The number of pyridine rings is 1. The van der Waals surface area contributed by atoms with Crippen LogP contribution in [0, 0.1) is 0 Å². The molecule has 40 heavy (non-hydrogen) atoms. The van der Waals surface area contributed by atoms with Crippen molar-refractivity contribution < 1.29 is 41.4 Å². The standard InChI is InChI=1S/C24H20F2N4O2S.C2HF3O2/c25-24(26)10-11-30(13-20(24)32-21-9-8-15-4-1-2-7-18(15)28-21)22(31)17-6-3-5-16(12-17)19-14-33-23(27)29-19;3-2(4,5)1(6)7/h1-9,12,14,20H,10-11,13H2,(H2,27,29);(H,6,7)/t20-;/m0./s1. The van der Waals surface area contributed by atoms with Crippen molar-refractivity contribution in [2.75, 3.05) is 18.8 Å². The van der Waals surface area contributed by atoms with Crippen LogP contribution >= 0.6 is 11.3 Å². The Hall–Kier alpha value is -4.33. The number of ether oxygens (including phenoxy) is 1. The van der Waals surface area contributed by atoms with Gasteiger partial charge in [-0.2, -0.15) is 13.2 Å². The van der Waals surface area contributed by atoms with E-state index >= 15 is 0 Å². The van der Waals surface area contributed by atoms with E-state index in [4.69, 9.17) is 20.4 Å². The van der Waals surface area contributed by atoms with Crippen LogP contribution in [-0.2, 0) is 4.79 Å². The van der Waals surface area contributed by atoms with Crippen LogP contribution in [0.15, 0.2) is 66.0 Å². The summed E-state index contributed by atoms with van der Waals surface area (Å²) in [6, 6.07) is 17.6. The van der Waals surface area contributed by atoms with Crippen molar-refractivity contribution in [3.63, 3.8) is 0 Å². The Kier molecular flexibility index (Phi) is 8.18. The fourth-order valence-electron chi connectivity index (χ4n) is 3.85. The van der Waals surface area contributed by atoms with Gasteiger partial charge in [-0.3, -0.25) is 4.79 Å². The van der Waals surface area contributed by atoms with Gasteiger partial charge < -0.3 is 20.5 Å². The van der Waals surface area contributed by atoms with E-state index < -0.39 is 30.6 Å². The molecule has 1 fully saturated rings. The molecule has 0 spiro atoms. The fourth-order valence-corrected chi connectivity index (χ4v) is 4.42. The van der Waals surface area contributed by atoms with Crippen molar-refractivity contribution in [1.29, 1.82) is 0 Å². The Morgan fingerprint density at radius 2 is 1.80 bits per heavy atom. The molecule has 8 nitrogen and oxygen atoms in total. The van der Waals surface area contributed by atoms with Crippen molar-refractivity contribution in [3.8, 4) is 17.1 Å². The summed E-state index contributed by atoms with van der Waals surface area (Å²) in [5, 5.41) is 10.3. The molecule has 1 saturated heterocycles. The van der Waals surface area contributed by atoms with Crippen molar-refractivity contribution in [1.82, 2.24) is 14.9 Å². The molecule has 2 aromatic heterocycles. The minimum absolute atomic E-state index is 0.0648. The molecule has 14 heteroatoms. The van der Waals surface area contributed by atoms with Gasteiger partial charge >= 0.3 is 12.1 Å².